The second-order valence-corrected chi connectivity index (χ2v) is 3.21. The van der Waals surface area contributed by atoms with Crippen molar-refractivity contribution in [2.24, 2.45) is 0 Å². The van der Waals surface area contributed by atoms with Crippen molar-refractivity contribution in [2.45, 2.75) is 6.92 Å². The Morgan fingerprint density at radius 3 is 2.87 bits per heavy atom. The third-order valence-electron chi connectivity index (χ3n) is 2.08. The lowest BCUT2D eigenvalue weighted by molar-refractivity contribution is 0.0601. The van der Waals surface area contributed by atoms with Crippen LogP contribution in [0.2, 0.25) is 0 Å². The zero-order valence-corrected chi connectivity index (χ0v) is 8.52. The zero-order chi connectivity index (χ0) is 10.8. The smallest absolute Gasteiger partial charge is 0.337 e. The number of carbonyl (C=O) groups excluding carboxylic acids is 1. The second-order valence-electron chi connectivity index (χ2n) is 3.21. The summed E-state index contributed by atoms with van der Waals surface area (Å²) in [6, 6.07) is 5.12. The third kappa shape index (κ3) is 1.79. The summed E-state index contributed by atoms with van der Waals surface area (Å²) in [6.07, 6.45) is 1.69. The Morgan fingerprint density at radius 2 is 2.13 bits per heavy atom. The molecule has 1 aromatic heterocycles. The molecule has 0 spiro atoms. The molecular formula is C11H10N2O2. The van der Waals surface area contributed by atoms with E-state index in [0.717, 1.165) is 11.2 Å². The number of carbonyl (C=O) groups is 1. The quantitative estimate of drug-likeness (QED) is 0.661. The van der Waals surface area contributed by atoms with Crippen LogP contribution in [0, 0.1) is 6.92 Å². The van der Waals surface area contributed by atoms with Crippen LogP contribution in [0.1, 0.15) is 16.1 Å². The van der Waals surface area contributed by atoms with Crippen molar-refractivity contribution >= 4 is 17.0 Å². The Morgan fingerprint density at radius 1 is 1.33 bits per heavy atom. The van der Waals surface area contributed by atoms with Crippen molar-refractivity contribution in [3.63, 3.8) is 0 Å². The van der Waals surface area contributed by atoms with Crippen LogP contribution in [0.4, 0.5) is 0 Å². The number of fused-ring (bicyclic) bond motifs is 1. The predicted octanol–water partition coefficient (Wildman–Crippen LogP) is 1.72. The van der Waals surface area contributed by atoms with E-state index < -0.39 is 0 Å². The molecule has 4 nitrogen and oxygen atoms in total. The van der Waals surface area contributed by atoms with Crippen LogP contribution in [-0.2, 0) is 4.74 Å². The average Bonchev–Trinajstić information content (AvgIpc) is 2.27. The van der Waals surface area contributed by atoms with E-state index >= 15 is 0 Å². The molecule has 2 aromatic rings. The van der Waals surface area contributed by atoms with Gasteiger partial charge in [-0.15, -0.1) is 0 Å². The highest BCUT2D eigenvalue weighted by molar-refractivity contribution is 5.93. The van der Waals surface area contributed by atoms with E-state index in [9.17, 15) is 4.79 Å². The number of esters is 1. The first kappa shape index (κ1) is 9.58. The standard InChI is InChI=1S/C11H10N2O2/c1-7-6-12-9-4-3-8(11(14)15-2)5-10(9)13-7/h3-6H,1-2H3. The van der Waals surface area contributed by atoms with Gasteiger partial charge < -0.3 is 4.74 Å². The lowest BCUT2D eigenvalue weighted by atomic mass is 10.2. The Bertz CT molecular complexity index is 523. The number of nitrogens with zero attached hydrogens (tertiary/aromatic N) is 2. The Balaban J connectivity index is 2.59. The molecule has 0 saturated heterocycles. The van der Waals surface area contributed by atoms with Crippen LogP contribution in [0.5, 0.6) is 0 Å². The van der Waals surface area contributed by atoms with E-state index in [1.807, 2.05) is 6.92 Å². The molecule has 0 radical (unpaired) electrons. The Labute approximate surface area is 86.9 Å². The van der Waals surface area contributed by atoms with Crippen molar-refractivity contribution < 1.29 is 9.53 Å². The number of benzene rings is 1. The summed E-state index contributed by atoms with van der Waals surface area (Å²) in [5, 5.41) is 0. The van der Waals surface area contributed by atoms with Crippen molar-refractivity contribution in [3.8, 4) is 0 Å². The van der Waals surface area contributed by atoms with E-state index in [2.05, 4.69) is 14.7 Å². The van der Waals surface area contributed by atoms with Gasteiger partial charge >= 0.3 is 5.97 Å². The first-order chi connectivity index (χ1) is 7.20. The molecule has 15 heavy (non-hydrogen) atoms. The van der Waals surface area contributed by atoms with Crippen LogP contribution in [0.25, 0.3) is 11.0 Å². The summed E-state index contributed by atoms with van der Waals surface area (Å²) in [6.45, 7) is 1.86. The van der Waals surface area contributed by atoms with Gasteiger partial charge in [0.1, 0.15) is 0 Å². The predicted molar refractivity (Wildman–Crippen MR) is 55.6 cm³/mol. The van der Waals surface area contributed by atoms with Crippen molar-refractivity contribution in [1.29, 1.82) is 0 Å². The number of aromatic nitrogens is 2. The van der Waals surface area contributed by atoms with Crippen LogP contribution in [0.15, 0.2) is 24.4 Å². The monoisotopic (exact) mass is 202 g/mol. The number of aryl methyl sites for hydroxylation is 1. The summed E-state index contributed by atoms with van der Waals surface area (Å²) >= 11 is 0. The highest BCUT2D eigenvalue weighted by Gasteiger charge is 2.06. The van der Waals surface area contributed by atoms with Gasteiger partial charge in [-0.25, -0.2) is 9.78 Å². The van der Waals surface area contributed by atoms with Gasteiger partial charge in [0.15, 0.2) is 0 Å². The van der Waals surface area contributed by atoms with Crippen LogP contribution in [-0.4, -0.2) is 23.0 Å². The molecular weight excluding hydrogens is 192 g/mol. The summed E-state index contributed by atoms with van der Waals surface area (Å²) in [5.74, 6) is -0.361. The first-order valence-electron chi connectivity index (χ1n) is 4.52. The molecule has 0 bridgehead atoms. The SMILES string of the molecule is COC(=O)c1ccc2ncc(C)nc2c1. The van der Waals surface area contributed by atoms with Crippen LogP contribution < -0.4 is 0 Å². The maximum Gasteiger partial charge on any atom is 0.337 e. The molecule has 4 heteroatoms. The largest absolute Gasteiger partial charge is 0.465 e. The molecule has 0 amide bonds. The first-order valence-corrected chi connectivity index (χ1v) is 4.52. The minimum atomic E-state index is -0.361. The highest BCUT2D eigenvalue weighted by atomic mass is 16.5. The topological polar surface area (TPSA) is 52.1 Å². The summed E-state index contributed by atoms with van der Waals surface area (Å²) in [5.41, 5.74) is 2.79. The second kappa shape index (κ2) is 3.65. The molecule has 0 unspecified atom stereocenters. The molecule has 0 aliphatic carbocycles. The minimum absolute atomic E-state index is 0.361. The van der Waals surface area contributed by atoms with Crippen molar-refractivity contribution in [1.82, 2.24) is 9.97 Å². The van der Waals surface area contributed by atoms with E-state index in [-0.39, 0.29) is 5.97 Å². The molecule has 1 heterocycles. The van der Waals surface area contributed by atoms with Gasteiger partial charge in [-0.05, 0) is 25.1 Å². The summed E-state index contributed by atoms with van der Waals surface area (Å²) in [4.78, 5) is 19.7. The molecule has 0 aliphatic rings. The molecule has 0 saturated carbocycles. The van der Waals surface area contributed by atoms with Gasteiger partial charge in [-0.3, -0.25) is 4.98 Å². The molecule has 1 aromatic carbocycles. The third-order valence-corrected chi connectivity index (χ3v) is 2.08. The number of hydrogen-bond donors (Lipinski definition) is 0. The maximum absolute atomic E-state index is 11.3. The van der Waals surface area contributed by atoms with Gasteiger partial charge in [0, 0.05) is 6.20 Å². The van der Waals surface area contributed by atoms with Gasteiger partial charge in [-0.1, -0.05) is 0 Å². The molecule has 0 atom stereocenters. The Hall–Kier alpha value is -1.97. The van der Waals surface area contributed by atoms with E-state index in [4.69, 9.17) is 0 Å². The fourth-order valence-corrected chi connectivity index (χ4v) is 1.35. The van der Waals surface area contributed by atoms with Gasteiger partial charge in [0.05, 0.1) is 29.4 Å². The average molecular weight is 202 g/mol. The Kier molecular flexibility index (Phi) is 2.33. The molecule has 76 valence electrons. The number of methoxy groups -OCH3 is 1. The number of hydrogen-bond acceptors (Lipinski definition) is 4. The van der Waals surface area contributed by atoms with E-state index in [1.54, 1.807) is 24.4 Å². The highest BCUT2D eigenvalue weighted by Crippen LogP contribution is 2.12. The molecule has 0 N–H and O–H groups in total. The van der Waals surface area contributed by atoms with Crippen LogP contribution in [0.3, 0.4) is 0 Å². The van der Waals surface area contributed by atoms with Crippen molar-refractivity contribution in [2.75, 3.05) is 7.11 Å². The summed E-state index contributed by atoms with van der Waals surface area (Å²) < 4.78 is 4.63. The fourth-order valence-electron chi connectivity index (χ4n) is 1.35. The lowest BCUT2D eigenvalue weighted by Gasteiger charge is -2.01. The van der Waals surface area contributed by atoms with Gasteiger partial charge in [-0.2, -0.15) is 0 Å². The number of rotatable bonds is 1. The maximum atomic E-state index is 11.3. The molecule has 0 aliphatic heterocycles. The normalized spacial score (nSPS) is 10.3. The van der Waals surface area contributed by atoms with Gasteiger partial charge in [0.2, 0.25) is 0 Å². The van der Waals surface area contributed by atoms with E-state index in [0.29, 0.717) is 11.1 Å². The number of ether oxygens (including phenoxy) is 1. The fraction of sp³-hybridized carbons (Fsp3) is 0.182. The van der Waals surface area contributed by atoms with E-state index in [1.165, 1.54) is 7.11 Å². The summed E-state index contributed by atoms with van der Waals surface area (Å²) in [7, 11) is 1.36. The minimum Gasteiger partial charge on any atom is -0.465 e. The van der Waals surface area contributed by atoms with Gasteiger partial charge in [0.25, 0.3) is 0 Å². The lowest BCUT2D eigenvalue weighted by Crippen LogP contribution is -2.01. The van der Waals surface area contributed by atoms with Crippen LogP contribution >= 0.6 is 0 Å². The zero-order valence-electron chi connectivity index (χ0n) is 8.52. The molecule has 0 fully saturated rings. The van der Waals surface area contributed by atoms with Crippen molar-refractivity contribution in [3.05, 3.63) is 35.7 Å². The molecule has 2 rings (SSSR count).